The fourth-order valence-corrected chi connectivity index (χ4v) is 5.88. The standard InChI is InChI=1S/C21H23N3O2S2/c1-11-4-5-15-16(9-11)28-20-18(15)19(26)23-21(24-20)27-10-17(25)22-14-7-12(2)6-13(3)8-14/h6-8,11H,4-5,9-10H2,1-3H3,(H,22,25)(H,23,24,26). The van der Waals surface area contributed by atoms with E-state index in [1.807, 2.05) is 26.0 Å². The molecule has 1 atom stereocenters. The zero-order valence-electron chi connectivity index (χ0n) is 16.2. The number of carbonyl (C=O) groups excluding carboxylic acids is 1. The molecule has 1 unspecified atom stereocenters. The van der Waals surface area contributed by atoms with Crippen molar-refractivity contribution in [2.24, 2.45) is 5.92 Å². The maximum absolute atomic E-state index is 12.6. The molecule has 1 amide bonds. The molecule has 1 aliphatic rings. The van der Waals surface area contributed by atoms with Crippen molar-refractivity contribution in [3.63, 3.8) is 0 Å². The Bertz CT molecular complexity index is 1100. The number of aryl methyl sites for hydroxylation is 3. The molecule has 0 saturated carbocycles. The highest BCUT2D eigenvalue weighted by Gasteiger charge is 2.23. The molecule has 7 heteroatoms. The normalized spacial score (nSPS) is 16.2. The third-order valence-electron chi connectivity index (χ3n) is 4.99. The Hall–Kier alpha value is -2.12. The number of thiophene rings is 1. The quantitative estimate of drug-likeness (QED) is 0.489. The van der Waals surface area contributed by atoms with Crippen LogP contribution in [0.2, 0.25) is 0 Å². The fourth-order valence-electron chi connectivity index (χ4n) is 3.78. The third kappa shape index (κ3) is 4.00. The monoisotopic (exact) mass is 413 g/mol. The zero-order valence-corrected chi connectivity index (χ0v) is 17.9. The first-order valence-corrected chi connectivity index (χ1v) is 11.2. The number of anilines is 1. The van der Waals surface area contributed by atoms with Gasteiger partial charge in [-0.1, -0.05) is 24.8 Å². The number of nitrogens with one attached hydrogen (secondary N) is 2. The highest BCUT2D eigenvalue weighted by Crippen LogP contribution is 2.36. The molecule has 0 fully saturated rings. The highest BCUT2D eigenvalue weighted by molar-refractivity contribution is 7.99. The molecular weight excluding hydrogens is 390 g/mol. The second-order valence-corrected chi connectivity index (χ2v) is 9.66. The summed E-state index contributed by atoms with van der Waals surface area (Å²) in [6.07, 6.45) is 3.09. The second-order valence-electron chi connectivity index (χ2n) is 7.62. The van der Waals surface area contributed by atoms with Crippen LogP contribution in [-0.2, 0) is 17.6 Å². The van der Waals surface area contributed by atoms with Gasteiger partial charge in [-0.3, -0.25) is 9.59 Å². The van der Waals surface area contributed by atoms with Crippen molar-refractivity contribution in [3.05, 3.63) is 50.1 Å². The Balaban J connectivity index is 1.49. The molecule has 1 aliphatic carbocycles. The van der Waals surface area contributed by atoms with Gasteiger partial charge in [0.1, 0.15) is 4.83 Å². The summed E-state index contributed by atoms with van der Waals surface area (Å²) < 4.78 is 0. The molecule has 28 heavy (non-hydrogen) atoms. The van der Waals surface area contributed by atoms with Crippen LogP contribution < -0.4 is 10.9 Å². The van der Waals surface area contributed by atoms with Crippen LogP contribution in [0.15, 0.2) is 28.2 Å². The number of hydrogen-bond donors (Lipinski definition) is 2. The van der Waals surface area contributed by atoms with Crippen molar-refractivity contribution in [1.29, 1.82) is 0 Å². The summed E-state index contributed by atoms with van der Waals surface area (Å²) in [6, 6.07) is 5.95. The number of fused-ring (bicyclic) bond motifs is 3. The van der Waals surface area contributed by atoms with Crippen molar-refractivity contribution in [3.8, 4) is 0 Å². The van der Waals surface area contributed by atoms with Gasteiger partial charge in [0, 0.05) is 10.6 Å². The smallest absolute Gasteiger partial charge is 0.260 e. The minimum atomic E-state index is -0.114. The van der Waals surface area contributed by atoms with Crippen LogP contribution in [0.25, 0.3) is 10.2 Å². The average Bonchev–Trinajstić information content (AvgIpc) is 2.96. The van der Waals surface area contributed by atoms with Gasteiger partial charge >= 0.3 is 0 Å². The van der Waals surface area contributed by atoms with Crippen LogP contribution in [-0.4, -0.2) is 21.6 Å². The number of carbonyl (C=O) groups is 1. The van der Waals surface area contributed by atoms with Crippen LogP contribution in [0.1, 0.15) is 34.9 Å². The van der Waals surface area contributed by atoms with Gasteiger partial charge in [-0.2, -0.15) is 0 Å². The SMILES string of the molecule is Cc1cc(C)cc(NC(=O)CSc2nc3sc4c(c3c(=O)[nH]2)CCC(C)C4)c1. The second kappa shape index (κ2) is 7.72. The number of amides is 1. The Labute approximate surface area is 172 Å². The molecule has 0 bridgehead atoms. The van der Waals surface area contributed by atoms with E-state index in [-0.39, 0.29) is 17.2 Å². The third-order valence-corrected chi connectivity index (χ3v) is 7.01. The van der Waals surface area contributed by atoms with Gasteiger partial charge in [-0.25, -0.2) is 4.98 Å². The van der Waals surface area contributed by atoms with E-state index in [1.165, 1.54) is 22.2 Å². The number of aromatic nitrogens is 2. The van der Waals surface area contributed by atoms with Gasteiger partial charge in [0.25, 0.3) is 5.56 Å². The molecular formula is C21H23N3O2S2. The lowest BCUT2D eigenvalue weighted by molar-refractivity contribution is -0.113. The summed E-state index contributed by atoms with van der Waals surface area (Å²) >= 11 is 2.89. The minimum Gasteiger partial charge on any atom is -0.325 e. The molecule has 1 aromatic carbocycles. The van der Waals surface area contributed by atoms with E-state index < -0.39 is 0 Å². The summed E-state index contributed by atoms with van der Waals surface area (Å²) in [5.41, 5.74) is 4.09. The zero-order chi connectivity index (χ0) is 19.8. The fraction of sp³-hybridized carbons (Fsp3) is 0.381. The molecule has 2 N–H and O–H groups in total. The number of benzene rings is 1. The largest absolute Gasteiger partial charge is 0.325 e. The van der Waals surface area contributed by atoms with E-state index in [0.717, 1.165) is 46.3 Å². The summed E-state index contributed by atoms with van der Waals surface area (Å²) in [7, 11) is 0. The van der Waals surface area contributed by atoms with Gasteiger partial charge in [-0.05, 0) is 67.9 Å². The molecule has 5 nitrogen and oxygen atoms in total. The molecule has 2 heterocycles. The number of H-pyrrole nitrogens is 1. The van der Waals surface area contributed by atoms with Gasteiger partial charge in [0.2, 0.25) is 5.91 Å². The van der Waals surface area contributed by atoms with E-state index in [2.05, 4.69) is 28.3 Å². The van der Waals surface area contributed by atoms with E-state index in [1.54, 1.807) is 11.3 Å². The average molecular weight is 414 g/mol. The maximum atomic E-state index is 12.6. The van der Waals surface area contributed by atoms with Gasteiger partial charge in [0.15, 0.2) is 5.16 Å². The predicted molar refractivity (Wildman–Crippen MR) is 117 cm³/mol. The topological polar surface area (TPSA) is 74.8 Å². The van der Waals surface area contributed by atoms with E-state index >= 15 is 0 Å². The van der Waals surface area contributed by atoms with Crippen molar-refractivity contribution in [1.82, 2.24) is 9.97 Å². The Kier molecular flexibility index (Phi) is 5.29. The molecule has 3 aromatic rings. The van der Waals surface area contributed by atoms with Crippen LogP contribution >= 0.6 is 23.1 Å². The summed E-state index contributed by atoms with van der Waals surface area (Å²) in [6.45, 7) is 6.26. The first kappa shape index (κ1) is 19.2. The van der Waals surface area contributed by atoms with Gasteiger partial charge in [-0.15, -0.1) is 11.3 Å². The van der Waals surface area contributed by atoms with Crippen molar-refractivity contribution < 1.29 is 4.79 Å². The predicted octanol–water partition coefficient (Wildman–Crippen LogP) is 4.46. The molecule has 2 aromatic heterocycles. The summed E-state index contributed by atoms with van der Waals surface area (Å²) in [5, 5.41) is 4.16. The Morgan fingerprint density at radius 3 is 2.82 bits per heavy atom. The Morgan fingerprint density at radius 1 is 1.32 bits per heavy atom. The lowest BCUT2D eigenvalue weighted by Crippen LogP contribution is -2.16. The summed E-state index contributed by atoms with van der Waals surface area (Å²) in [4.78, 5) is 34.5. The maximum Gasteiger partial charge on any atom is 0.260 e. The molecule has 0 spiro atoms. The lowest BCUT2D eigenvalue weighted by atomic mass is 9.89. The Morgan fingerprint density at radius 2 is 2.07 bits per heavy atom. The van der Waals surface area contributed by atoms with E-state index in [9.17, 15) is 9.59 Å². The molecule has 146 valence electrons. The van der Waals surface area contributed by atoms with Gasteiger partial charge in [0.05, 0.1) is 11.1 Å². The number of aromatic amines is 1. The summed E-state index contributed by atoms with van der Waals surface area (Å²) in [5.74, 6) is 0.739. The molecule has 0 saturated heterocycles. The van der Waals surface area contributed by atoms with Crippen molar-refractivity contribution in [2.75, 3.05) is 11.1 Å². The van der Waals surface area contributed by atoms with Gasteiger partial charge < -0.3 is 10.3 Å². The van der Waals surface area contributed by atoms with Crippen molar-refractivity contribution >= 4 is 44.9 Å². The highest BCUT2D eigenvalue weighted by atomic mass is 32.2. The van der Waals surface area contributed by atoms with Crippen molar-refractivity contribution in [2.45, 2.75) is 45.2 Å². The number of rotatable bonds is 4. The van der Waals surface area contributed by atoms with E-state index in [4.69, 9.17) is 0 Å². The van der Waals surface area contributed by atoms with Crippen LogP contribution in [0.4, 0.5) is 5.69 Å². The number of nitrogens with zero attached hydrogens (tertiary/aromatic N) is 1. The number of hydrogen-bond acceptors (Lipinski definition) is 5. The number of thioether (sulfide) groups is 1. The minimum absolute atomic E-state index is 0.0886. The van der Waals surface area contributed by atoms with Crippen LogP contribution in [0, 0.1) is 19.8 Å². The first-order valence-electron chi connectivity index (χ1n) is 9.44. The molecule has 0 radical (unpaired) electrons. The molecule has 4 rings (SSSR count). The first-order chi connectivity index (χ1) is 13.4. The van der Waals surface area contributed by atoms with Crippen LogP contribution in [0.3, 0.4) is 0 Å². The van der Waals surface area contributed by atoms with Crippen LogP contribution in [0.5, 0.6) is 0 Å². The van der Waals surface area contributed by atoms with E-state index in [0.29, 0.717) is 11.1 Å². The molecule has 0 aliphatic heterocycles. The lowest BCUT2D eigenvalue weighted by Gasteiger charge is -2.17.